The predicted octanol–water partition coefficient (Wildman–Crippen LogP) is 1.68. The zero-order valence-electron chi connectivity index (χ0n) is 10.2. The van der Waals surface area contributed by atoms with Gasteiger partial charge < -0.3 is 10.1 Å². The van der Waals surface area contributed by atoms with Crippen molar-refractivity contribution in [3.8, 4) is 11.5 Å². The summed E-state index contributed by atoms with van der Waals surface area (Å²) in [5, 5.41) is 9.41. The third-order valence-electron chi connectivity index (χ3n) is 2.82. The maximum absolute atomic E-state index is 12.0. The molecule has 1 aromatic carbocycles. The molecular weight excluding hydrogens is 258 g/mol. The van der Waals surface area contributed by atoms with Crippen LogP contribution >= 0.6 is 0 Å². The number of carboxylic acids is 1. The molecule has 2 heterocycles. The van der Waals surface area contributed by atoms with Gasteiger partial charge in [0.2, 0.25) is 0 Å². The first-order chi connectivity index (χ1) is 9.65. The van der Waals surface area contributed by atoms with Crippen molar-refractivity contribution in [3.05, 3.63) is 58.5 Å². The van der Waals surface area contributed by atoms with Crippen molar-refractivity contribution in [3.63, 3.8) is 0 Å². The summed E-state index contributed by atoms with van der Waals surface area (Å²) >= 11 is 0. The van der Waals surface area contributed by atoms with Crippen LogP contribution < -0.4 is 5.56 Å². The zero-order chi connectivity index (χ0) is 14.1. The average molecular weight is 267 g/mol. The van der Waals surface area contributed by atoms with E-state index in [1.807, 2.05) is 0 Å². The number of rotatable bonds is 2. The summed E-state index contributed by atoms with van der Waals surface area (Å²) in [6.45, 7) is 0. The number of benzene rings is 1. The molecule has 6 nitrogen and oxygen atoms in total. The Balaban J connectivity index is 2.22. The standard InChI is InChI=1S/C14H9N3O3/c18-13-8-4-1-2-5-9(8)16-12(17-13)10-6-3-7-11(15-10)14(19)20/h1-7H,(H,19,20)(H,16,17,18). The van der Waals surface area contributed by atoms with Crippen LogP contribution in [0.1, 0.15) is 10.5 Å². The highest BCUT2D eigenvalue weighted by atomic mass is 16.4. The summed E-state index contributed by atoms with van der Waals surface area (Å²) in [5.74, 6) is -0.883. The van der Waals surface area contributed by atoms with Crippen molar-refractivity contribution in [1.29, 1.82) is 0 Å². The lowest BCUT2D eigenvalue weighted by Gasteiger charge is -2.03. The Bertz CT molecular complexity index is 871. The molecule has 0 radical (unpaired) electrons. The lowest BCUT2D eigenvalue weighted by atomic mass is 10.2. The first kappa shape index (κ1) is 12.0. The fourth-order valence-corrected chi connectivity index (χ4v) is 1.89. The number of fused-ring (bicyclic) bond motifs is 1. The van der Waals surface area contributed by atoms with Crippen molar-refractivity contribution in [2.75, 3.05) is 0 Å². The Morgan fingerprint density at radius 2 is 1.85 bits per heavy atom. The minimum Gasteiger partial charge on any atom is -0.477 e. The number of H-pyrrole nitrogens is 1. The van der Waals surface area contributed by atoms with E-state index in [9.17, 15) is 9.59 Å². The van der Waals surface area contributed by atoms with Crippen molar-refractivity contribution in [1.82, 2.24) is 15.0 Å². The third-order valence-corrected chi connectivity index (χ3v) is 2.82. The molecule has 0 aliphatic rings. The predicted molar refractivity (Wildman–Crippen MR) is 72.6 cm³/mol. The van der Waals surface area contributed by atoms with Gasteiger partial charge in [-0.15, -0.1) is 0 Å². The minimum atomic E-state index is -1.13. The van der Waals surface area contributed by atoms with Crippen molar-refractivity contribution < 1.29 is 9.90 Å². The van der Waals surface area contributed by atoms with Crippen LogP contribution in [-0.4, -0.2) is 26.0 Å². The first-order valence-electron chi connectivity index (χ1n) is 5.85. The highest BCUT2D eigenvalue weighted by molar-refractivity contribution is 5.86. The van der Waals surface area contributed by atoms with Crippen LogP contribution in [0.5, 0.6) is 0 Å². The Kier molecular flexibility index (Phi) is 2.76. The molecule has 0 saturated carbocycles. The van der Waals surface area contributed by atoms with Gasteiger partial charge in [-0.1, -0.05) is 18.2 Å². The molecule has 3 rings (SSSR count). The lowest BCUT2D eigenvalue weighted by Crippen LogP contribution is -2.10. The molecule has 0 fully saturated rings. The van der Waals surface area contributed by atoms with Crippen LogP contribution in [0, 0.1) is 0 Å². The van der Waals surface area contributed by atoms with Gasteiger partial charge >= 0.3 is 5.97 Å². The molecule has 0 saturated heterocycles. The Morgan fingerprint density at radius 1 is 1.05 bits per heavy atom. The maximum atomic E-state index is 12.0. The minimum absolute atomic E-state index is 0.0988. The highest BCUT2D eigenvalue weighted by Crippen LogP contribution is 2.14. The molecule has 6 heteroatoms. The smallest absolute Gasteiger partial charge is 0.354 e. The van der Waals surface area contributed by atoms with E-state index < -0.39 is 5.97 Å². The number of aromatic nitrogens is 3. The number of hydrogen-bond acceptors (Lipinski definition) is 4. The molecule has 0 atom stereocenters. The van der Waals surface area contributed by atoms with Crippen molar-refractivity contribution in [2.45, 2.75) is 0 Å². The number of carbonyl (C=O) groups is 1. The van der Waals surface area contributed by atoms with Gasteiger partial charge in [0.25, 0.3) is 5.56 Å². The summed E-state index contributed by atoms with van der Waals surface area (Å²) in [5.41, 5.74) is 0.466. The molecule has 2 aromatic heterocycles. The Labute approximate surface area is 112 Å². The summed E-state index contributed by atoms with van der Waals surface area (Å²) in [4.78, 5) is 33.7. The fourth-order valence-electron chi connectivity index (χ4n) is 1.89. The van der Waals surface area contributed by atoms with Crippen LogP contribution in [0.15, 0.2) is 47.3 Å². The number of para-hydroxylation sites is 1. The van der Waals surface area contributed by atoms with Crippen LogP contribution in [-0.2, 0) is 0 Å². The first-order valence-corrected chi connectivity index (χ1v) is 5.85. The van der Waals surface area contributed by atoms with E-state index in [1.165, 1.54) is 6.07 Å². The molecule has 20 heavy (non-hydrogen) atoms. The van der Waals surface area contributed by atoms with E-state index in [0.29, 0.717) is 16.6 Å². The number of pyridine rings is 1. The van der Waals surface area contributed by atoms with Gasteiger partial charge in [-0.05, 0) is 24.3 Å². The molecular formula is C14H9N3O3. The number of aromatic carboxylic acids is 1. The number of nitrogens with zero attached hydrogens (tertiary/aromatic N) is 2. The molecule has 98 valence electrons. The topological polar surface area (TPSA) is 95.9 Å². The SMILES string of the molecule is O=C(O)c1cccc(-c2nc3ccccc3c(=O)[nH]2)n1. The van der Waals surface area contributed by atoms with Crippen molar-refractivity contribution in [2.24, 2.45) is 0 Å². The van der Waals surface area contributed by atoms with E-state index in [0.717, 1.165) is 0 Å². The van der Waals surface area contributed by atoms with Crippen LogP contribution in [0.3, 0.4) is 0 Å². The summed E-state index contributed by atoms with van der Waals surface area (Å²) in [6.07, 6.45) is 0. The van der Waals surface area contributed by atoms with E-state index in [2.05, 4.69) is 15.0 Å². The van der Waals surface area contributed by atoms with E-state index in [4.69, 9.17) is 5.11 Å². The van der Waals surface area contributed by atoms with Gasteiger partial charge in [-0.25, -0.2) is 14.8 Å². The second-order valence-electron chi connectivity index (χ2n) is 4.14. The normalized spacial score (nSPS) is 10.6. The Hall–Kier alpha value is -3.02. The molecule has 2 N–H and O–H groups in total. The third kappa shape index (κ3) is 2.03. The van der Waals surface area contributed by atoms with Gasteiger partial charge in [-0.3, -0.25) is 4.79 Å². The summed E-state index contributed by atoms with van der Waals surface area (Å²) < 4.78 is 0. The second-order valence-corrected chi connectivity index (χ2v) is 4.14. The number of carboxylic acid groups (broad SMARTS) is 1. The zero-order valence-corrected chi connectivity index (χ0v) is 10.2. The quantitative estimate of drug-likeness (QED) is 0.736. The van der Waals surface area contributed by atoms with Gasteiger partial charge in [0.1, 0.15) is 11.4 Å². The molecule has 0 bridgehead atoms. The highest BCUT2D eigenvalue weighted by Gasteiger charge is 2.10. The van der Waals surface area contributed by atoms with Gasteiger partial charge in [-0.2, -0.15) is 0 Å². The monoisotopic (exact) mass is 267 g/mol. The van der Waals surface area contributed by atoms with Crippen LogP contribution in [0.25, 0.3) is 22.4 Å². The second kappa shape index (κ2) is 4.58. The summed E-state index contributed by atoms with van der Waals surface area (Å²) in [6, 6.07) is 11.5. The van der Waals surface area contributed by atoms with Crippen LogP contribution in [0.2, 0.25) is 0 Å². The van der Waals surface area contributed by atoms with E-state index in [1.54, 1.807) is 36.4 Å². The lowest BCUT2D eigenvalue weighted by molar-refractivity contribution is 0.0690. The fraction of sp³-hybridized carbons (Fsp3) is 0. The molecule has 0 spiro atoms. The van der Waals surface area contributed by atoms with Crippen molar-refractivity contribution >= 4 is 16.9 Å². The molecule has 0 amide bonds. The Morgan fingerprint density at radius 3 is 2.65 bits per heavy atom. The largest absolute Gasteiger partial charge is 0.477 e. The van der Waals surface area contributed by atoms with E-state index >= 15 is 0 Å². The molecule has 0 unspecified atom stereocenters. The van der Waals surface area contributed by atoms with Gasteiger partial charge in [0.05, 0.1) is 10.9 Å². The molecule has 0 aliphatic heterocycles. The van der Waals surface area contributed by atoms with Crippen LogP contribution in [0.4, 0.5) is 0 Å². The number of aromatic amines is 1. The van der Waals surface area contributed by atoms with Gasteiger partial charge in [0, 0.05) is 0 Å². The van der Waals surface area contributed by atoms with E-state index in [-0.39, 0.29) is 17.1 Å². The molecule has 0 aliphatic carbocycles. The summed E-state index contributed by atoms with van der Waals surface area (Å²) in [7, 11) is 0. The molecule has 3 aromatic rings. The average Bonchev–Trinajstić information content (AvgIpc) is 2.47. The number of nitrogens with one attached hydrogen (secondary N) is 1. The maximum Gasteiger partial charge on any atom is 0.354 e. The van der Waals surface area contributed by atoms with Gasteiger partial charge in [0.15, 0.2) is 5.82 Å². The number of hydrogen-bond donors (Lipinski definition) is 2.